The smallest absolute Gasteiger partial charge is 0.205 e. The SMILES string of the molecule is CCOCCCn1ccnc1N1C[C@H]2CNC[C@H]2C1. The lowest BCUT2D eigenvalue weighted by molar-refractivity contribution is 0.141. The van der Waals surface area contributed by atoms with Gasteiger partial charge < -0.3 is 19.5 Å². The van der Waals surface area contributed by atoms with Crippen LogP contribution in [0.5, 0.6) is 0 Å². The van der Waals surface area contributed by atoms with Crippen LogP contribution in [0.2, 0.25) is 0 Å². The molecule has 3 heterocycles. The number of hydrogen-bond acceptors (Lipinski definition) is 4. The average Bonchev–Trinajstić information content (AvgIpc) is 3.08. The van der Waals surface area contributed by atoms with Crippen molar-refractivity contribution in [3.05, 3.63) is 12.4 Å². The van der Waals surface area contributed by atoms with Crippen LogP contribution in [0.4, 0.5) is 5.95 Å². The molecule has 2 aliphatic heterocycles. The van der Waals surface area contributed by atoms with Crippen molar-refractivity contribution in [1.29, 1.82) is 0 Å². The second kappa shape index (κ2) is 5.92. The van der Waals surface area contributed by atoms with Crippen LogP contribution in [0.25, 0.3) is 0 Å². The summed E-state index contributed by atoms with van der Waals surface area (Å²) in [5, 5.41) is 3.48. The third-order valence-electron chi connectivity index (χ3n) is 4.26. The molecule has 1 aromatic rings. The van der Waals surface area contributed by atoms with Crippen molar-refractivity contribution in [3.63, 3.8) is 0 Å². The summed E-state index contributed by atoms with van der Waals surface area (Å²) in [6, 6.07) is 0. The number of aryl methyl sites for hydroxylation is 1. The van der Waals surface area contributed by atoms with E-state index < -0.39 is 0 Å². The highest BCUT2D eigenvalue weighted by molar-refractivity contribution is 5.34. The summed E-state index contributed by atoms with van der Waals surface area (Å²) in [5.74, 6) is 2.77. The fourth-order valence-electron chi connectivity index (χ4n) is 3.26. The van der Waals surface area contributed by atoms with Gasteiger partial charge >= 0.3 is 0 Å². The molecule has 1 N–H and O–H groups in total. The van der Waals surface area contributed by atoms with E-state index in [9.17, 15) is 0 Å². The Morgan fingerprint density at radius 2 is 2.16 bits per heavy atom. The second-order valence-corrected chi connectivity index (χ2v) is 5.55. The Morgan fingerprint density at radius 3 is 2.89 bits per heavy atom. The van der Waals surface area contributed by atoms with Crippen LogP contribution < -0.4 is 10.2 Å². The summed E-state index contributed by atoms with van der Waals surface area (Å²) in [4.78, 5) is 7.01. The summed E-state index contributed by atoms with van der Waals surface area (Å²) in [6.45, 7) is 9.33. The molecule has 2 aliphatic rings. The Morgan fingerprint density at radius 1 is 1.37 bits per heavy atom. The molecule has 0 saturated carbocycles. The lowest BCUT2D eigenvalue weighted by Gasteiger charge is -2.20. The number of ether oxygens (including phenoxy) is 1. The highest BCUT2D eigenvalue weighted by Crippen LogP contribution is 2.29. The molecule has 19 heavy (non-hydrogen) atoms. The van der Waals surface area contributed by atoms with Crippen molar-refractivity contribution in [1.82, 2.24) is 14.9 Å². The molecule has 2 saturated heterocycles. The van der Waals surface area contributed by atoms with E-state index in [0.717, 1.165) is 57.1 Å². The van der Waals surface area contributed by atoms with E-state index in [1.807, 2.05) is 13.1 Å². The monoisotopic (exact) mass is 264 g/mol. The minimum Gasteiger partial charge on any atom is -0.382 e. The Kier molecular flexibility index (Phi) is 4.03. The minimum absolute atomic E-state index is 0.805. The van der Waals surface area contributed by atoms with E-state index >= 15 is 0 Å². The van der Waals surface area contributed by atoms with Gasteiger partial charge in [-0.2, -0.15) is 0 Å². The summed E-state index contributed by atoms with van der Waals surface area (Å²) in [6.07, 6.45) is 5.06. The average molecular weight is 264 g/mol. The van der Waals surface area contributed by atoms with Gasteiger partial charge in [0.15, 0.2) is 0 Å². The van der Waals surface area contributed by atoms with Gasteiger partial charge in [0.2, 0.25) is 5.95 Å². The normalized spacial score (nSPS) is 26.1. The van der Waals surface area contributed by atoms with Crippen molar-refractivity contribution in [2.75, 3.05) is 44.3 Å². The van der Waals surface area contributed by atoms with E-state index in [-0.39, 0.29) is 0 Å². The van der Waals surface area contributed by atoms with Crippen LogP contribution in [0.3, 0.4) is 0 Å². The maximum absolute atomic E-state index is 5.40. The Balaban J connectivity index is 1.57. The Labute approximate surface area is 114 Å². The van der Waals surface area contributed by atoms with Gasteiger partial charge in [0, 0.05) is 58.3 Å². The van der Waals surface area contributed by atoms with Gasteiger partial charge in [-0.15, -0.1) is 0 Å². The molecule has 5 nitrogen and oxygen atoms in total. The van der Waals surface area contributed by atoms with Gasteiger partial charge in [0.05, 0.1) is 0 Å². The molecular formula is C14H24N4O. The van der Waals surface area contributed by atoms with Gasteiger partial charge in [-0.1, -0.05) is 0 Å². The van der Waals surface area contributed by atoms with Crippen molar-refractivity contribution in [3.8, 4) is 0 Å². The van der Waals surface area contributed by atoms with Crippen LogP contribution >= 0.6 is 0 Å². The van der Waals surface area contributed by atoms with Gasteiger partial charge in [-0.25, -0.2) is 4.98 Å². The molecule has 3 rings (SSSR count). The molecule has 2 atom stereocenters. The van der Waals surface area contributed by atoms with Crippen molar-refractivity contribution in [2.45, 2.75) is 19.9 Å². The van der Waals surface area contributed by atoms with Gasteiger partial charge in [0.25, 0.3) is 0 Å². The Bertz CT molecular complexity index is 394. The summed E-state index contributed by atoms with van der Waals surface area (Å²) < 4.78 is 7.67. The second-order valence-electron chi connectivity index (χ2n) is 5.55. The van der Waals surface area contributed by atoms with Crippen molar-refractivity contribution < 1.29 is 4.74 Å². The predicted molar refractivity (Wildman–Crippen MR) is 75.4 cm³/mol. The van der Waals surface area contributed by atoms with E-state index in [1.54, 1.807) is 0 Å². The molecular weight excluding hydrogens is 240 g/mol. The number of imidazole rings is 1. The minimum atomic E-state index is 0.805. The molecule has 5 heteroatoms. The topological polar surface area (TPSA) is 42.3 Å². The highest BCUT2D eigenvalue weighted by atomic mass is 16.5. The lowest BCUT2D eigenvalue weighted by atomic mass is 10.0. The number of rotatable bonds is 6. The van der Waals surface area contributed by atoms with Gasteiger partial charge in [0.1, 0.15) is 0 Å². The van der Waals surface area contributed by atoms with Gasteiger partial charge in [-0.3, -0.25) is 0 Å². The predicted octanol–water partition coefficient (Wildman–Crippen LogP) is 0.965. The van der Waals surface area contributed by atoms with Crippen LogP contribution in [-0.2, 0) is 11.3 Å². The van der Waals surface area contributed by atoms with Crippen LogP contribution in [0, 0.1) is 11.8 Å². The zero-order chi connectivity index (χ0) is 13.1. The maximum Gasteiger partial charge on any atom is 0.205 e. The summed E-state index contributed by atoms with van der Waals surface area (Å²) >= 11 is 0. The number of anilines is 1. The summed E-state index contributed by atoms with van der Waals surface area (Å²) in [5.41, 5.74) is 0. The van der Waals surface area contributed by atoms with Crippen LogP contribution in [0.1, 0.15) is 13.3 Å². The summed E-state index contributed by atoms with van der Waals surface area (Å²) in [7, 11) is 0. The molecule has 0 amide bonds. The fourth-order valence-corrected chi connectivity index (χ4v) is 3.26. The molecule has 106 valence electrons. The number of nitrogens with zero attached hydrogens (tertiary/aromatic N) is 3. The van der Waals surface area contributed by atoms with Crippen LogP contribution in [-0.4, -0.2) is 48.9 Å². The standard InChI is InChI=1S/C14H24N4O/c1-2-19-7-3-5-17-6-4-16-14(17)18-10-12-8-15-9-13(12)11-18/h4,6,12-13,15H,2-3,5,7-11H2,1H3/t12-,13+. The van der Waals surface area contributed by atoms with Crippen molar-refractivity contribution in [2.24, 2.45) is 11.8 Å². The lowest BCUT2D eigenvalue weighted by Crippen LogP contribution is -2.28. The zero-order valence-corrected chi connectivity index (χ0v) is 11.7. The maximum atomic E-state index is 5.40. The van der Waals surface area contributed by atoms with Gasteiger partial charge in [-0.05, 0) is 25.2 Å². The quantitative estimate of drug-likeness (QED) is 0.777. The molecule has 1 aromatic heterocycles. The number of fused-ring (bicyclic) bond motifs is 1. The largest absolute Gasteiger partial charge is 0.382 e. The van der Waals surface area contributed by atoms with E-state index in [2.05, 4.69) is 26.0 Å². The first-order chi connectivity index (χ1) is 9.38. The molecule has 0 bridgehead atoms. The number of hydrogen-bond donors (Lipinski definition) is 1. The number of aromatic nitrogens is 2. The molecule has 0 aromatic carbocycles. The first-order valence-corrected chi connectivity index (χ1v) is 7.43. The van der Waals surface area contributed by atoms with E-state index in [0.29, 0.717) is 0 Å². The highest BCUT2D eigenvalue weighted by Gasteiger charge is 2.37. The van der Waals surface area contributed by atoms with E-state index in [1.165, 1.54) is 13.1 Å². The first kappa shape index (κ1) is 12.9. The fraction of sp³-hybridized carbons (Fsp3) is 0.786. The molecule has 0 spiro atoms. The van der Waals surface area contributed by atoms with E-state index in [4.69, 9.17) is 4.74 Å². The molecule has 0 aliphatic carbocycles. The third-order valence-corrected chi connectivity index (χ3v) is 4.26. The third kappa shape index (κ3) is 2.77. The molecule has 0 unspecified atom stereocenters. The number of nitrogens with one attached hydrogen (secondary N) is 1. The Hall–Kier alpha value is -1.07. The first-order valence-electron chi connectivity index (χ1n) is 7.43. The van der Waals surface area contributed by atoms with Crippen LogP contribution in [0.15, 0.2) is 12.4 Å². The van der Waals surface area contributed by atoms with Crippen molar-refractivity contribution >= 4 is 5.95 Å². The zero-order valence-electron chi connectivity index (χ0n) is 11.7. The molecule has 0 radical (unpaired) electrons. The molecule has 2 fully saturated rings.